The van der Waals surface area contributed by atoms with Crippen molar-refractivity contribution in [2.24, 2.45) is 0 Å². The van der Waals surface area contributed by atoms with Gasteiger partial charge >= 0.3 is 5.97 Å². The molecule has 0 aliphatic carbocycles. The molecule has 1 amide bonds. The highest BCUT2D eigenvalue weighted by atomic mass is 16.4. The highest BCUT2D eigenvalue weighted by Gasteiger charge is 2.23. The van der Waals surface area contributed by atoms with Crippen LogP contribution < -0.4 is 10.2 Å². The van der Waals surface area contributed by atoms with E-state index in [0.29, 0.717) is 0 Å². The second kappa shape index (κ2) is 5.03. The molecule has 1 atom stereocenters. The van der Waals surface area contributed by atoms with Gasteiger partial charge in [-0.05, 0) is 18.6 Å². The van der Waals surface area contributed by atoms with Crippen molar-refractivity contribution in [1.82, 2.24) is 10.3 Å². The van der Waals surface area contributed by atoms with Crippen LogP contribution in [0.4, 0.5) is 5.69 Å². The zero-order valence-corrected chi connectivity index (χ0v) is 10.1. The van der Waals surface area contributed by atoms with Gasteiger partial charge in [0.1, 0.15) is 5.69 Å². The smallest absolute Gasteiger partial charge is 0.354 e. The van der Waals surface area contributed by atoms with Gasteiger partial charge in [-0.1, -0.05) is 0 Å². The predicted molar refractivity (Wildman–Crippen MR) is 65.6 cm³/mol. The quantitative estimate of drug-likeness (QED) is 0.815. The Balaban J connectivity index is 2.01. The number of aromatic nitrogens is 1. The lowest BCUT2D eigenvalue weighted by molar-refractivity contribution is -0.119. The monoisotopic (exact) mass is 249 g/mol. The molecule has 1 aromatic rings. The van der Waals surface area contributed by atoms with Crippen molar-refractivity contribution in [2.45, 2.75) is 19.4 Å². The predicted octanol–water partition coefficient (Wildman–Crippen LogP) is 0.495. The van der Waals surface area contributed by atoms with Crippen molar-refractivity contribution < 1.29 is 14.7 Å². The van der Waals surface area contributed by atoms with Gasteiger partial charge in [0.15, 0.2) is 0 Å². The molecule has 18 heavy (non-hydrogen) atoms. The van der Waals surface area contributed by atoms with Gasteiger partial charge in [-0.3, -0.25) is 4.79 Å². The minimum Gasteiger partial charge on any atom is -0.477 e. The number of amides is 1. The van der Waals surface area contributed by atoms with Crippen molar-refractivity contribution in [3.63, 3.8) is 0 Å². The Bertz CT molecular complexity index is 458. The fourth-order valence-corrected chi connectivity index (χ4v) is 2.10. The molecule has 2 rings (SSSR count). The van der Waals surface area contributed by atoms with E-state index in [2.05, 4.69) is 15.2 Å². The lowest BCUT2D eigenvalue weighted by atomic mass is 10.2. The number of aromatic carboxylic acids is 1. The second-order valence-electron chi connectivity index (χ2n) is 4.34. The molecule has 0 saturated carbocycles. The van der Waals surface area contributed by atoms with Crippen LogP contribution in [0, 0.1) is 0 Å². The van der Waals surface area contributed by atoms with Crippen molar-refractivity contribution in [3.05, 3.63) is 24.0 Å². The first-order valence-corrected chi connectivity index (χ1v) is 5.77. The molecule has 6 nitrogen and oxygen atoms in total. The lowest BCUT2D eigenvalue weighted by Crippen LogP contribution is -2.35. The number of hydrogen-bond acceptors (Lipinski definition) is 4. The Labute approximate surface area is 105 Å². The number of carbonyl (C=O) groups is 2. The highest BCUT2D eigenvalue weighted by molar-refractivity contribution is 5.85. The van der Waals surface area contributed by atoms with Gasteiger partial charge in [0, 0.05) is 26.1 Å². The molecule has 96 valence electrons. The van der Waals surface area contributed by atoms with E-state index >= 15 is 0 Å². The third-order valence-electron chi connectivity index (χ3n) is 2.93. The molecule has 1 fully saturated rings. The molecule has 0 radical (unpaired) electrons. The molecule has 1 unspecified atom stereocenters. The summed E-state index contributed by atoms with van der Waals surface area (Å²) in [6.07, 6.45) is 2.44. The number of carboxylic acid groups (broad SMARTS) is 1. The first-order chi connectivity index (χ1) is 8.56. The van der Waals surface area contributed by atoms with Gasteiger partial charge < -0.3 is 15.3 Å². The zero-order valence-electron chi connectivity index (χ0n) is 10.1. The number of rotatable bonds is 3. The summed E-state index contributed by atoms with van der Waals surface area (Å²) >= 11 is 0. The van der Waals surface area contributed by atoms with Gasteiger partial charge in [-0.15, -0.1) is 0 Å². The van der Waals surface area contributed by atoms with Crippen LogP contribution >= 0.6 is 0 Å². The first kappa shape index (κ1) is 12.3. The summed E-state index contributed by atoms with van der Waals surface area (Å²) in [5.74, 6) is -1.06. The number of hydrogen-bond donors (Lipinski definition) is 2. The number of nitrogens with one attached hydrogen (secondary N) is 1. The van der Waals surface area contributed by atoms with E-state index in [1.165, 1.54) is 13.0 Å². The Hall–Kier alpha value is -2.11. The summed E-state index contributed by atoms with van der Waals surface area (Å²) in [5.41, 5.74) is 0.921. The Morgan fingerprint density at radius 2 is 2.28 bits per heavy atom. The van der Waals surface area contributed by atoms with Crippen molar-refractivity contribution in [3.8, 4) is 0 Å². The Kier molecular flexibility index (Phi) is 3.45. The van der Waals surface area contributed by atoms with E-state index in [4.69, 9.17) is 5.11 Å². The van der Waals surface area contributed by atoms with E-state index in [1.54, 1.807) is 12.3 Å². The Morgan fingerprint density at radius 3 is 2.83 bits per heavy atom. The van der Waals surface area contributed by atoms with Gasteiger partial charge in [0.05, 0.1) is 11.9 Å². The SMILES string of the molecule is CC(=O)NC1CCN(c2ccc(C(=O)O)nc2)C1. The van der Waals surface area contributed by atoms with Gasteiger partial charge in [-0.25, -0.2) is 9.78 Å². The number of anilines is 1. The standard InChI is InChI=1S/C12H15N3O3/c1-8(16)14-9-4-5-15(7-9)10-2-3-11(12(17)18)13-6-10/h2-3,6,9H,4-5,7H2,1H3,(H,14,16)(H,17,18). The topological polar surface area (TPSA) is 82.5 Å². The van der Waals surface area contributed by atoms with Crippen molar-refractivity contribution >= 4 is 17.6 Å². The molecular weight excluding hydrogens is 234 g/mol. The van der Waals surface area contributed by atoms with Gasteiger partial charge in [-0.2, -0.15) is 0 Å². The minimum absolute atomic E-state index is 0.0267. The summed E-state index contributed by atoms with van der Waals surface area (Å²) in [6.45, 7) is 3.07. The highest BCUT2D eigenvalue weighted by Crippen LogP contribution is 2.19. The molecule has 0 bridgehead atoms. The van der Waals surface area contributed by atoms with Crippen LogP contribution in [0.15, 0.2) is 18.3 Å². The fraction of sp³-hybridized carbons (Fsp3) is 0.417. The van der Waals surface area contributed by atoms with E-state index in [1.807, 2.05) is 0 Å². The van der Waals surface area contributed by atoms with Gasteiger partial charge in [0.2, 0.25) is 5.91 Å². The van der Waals surface area contributed by atoms with E-state index in [0.717, 1.165) is 25.2 Å². The molecule has 0 aromatic carbocycles. The fourth-order valence-electron chi connectivity index (χ4n) is 2.10. The summed E-state index contributed by atoms with van der Waals surface area (Å²) in [5, 5.41) is 11.6. The second-order valence-corrected chi connectivity index (χ2v) is 4.34. The summed E-state index contributed by atoms with van der Waals surface area (Å²) in [7, 11) is 0. The van der Waals surface area contributed by atoms with Gasteiger partial charge in [0.25, 0.3) is 0 Å². The van der Waals surface area contributed by atoms with Crippen LogP contribution in [0.25, 0.3) is 0 Å². The molecule has 1 aliphatic rings. The molecule has 1 saturated heterocycles. The molecular formula is C12H15N3O3. The molecule has 2 heterocycles. The van der Waals surface area contributed by atoms with Crippen LogP contribution in [-0.4, -0.2) is 41.1 Å². The molecule has 6 heteroatoms. The minimum atomic E-state index is -1.03. The normalized spacial score (nSPS) is 18.7. The molecule has 1 aromatic heterocycles. The van der Waals surface area contributed by atoms with Crippen LogP contribution in [-0.2, 0) is 4.79 Å². The summed E-state index contributed by atoms with van der Waals surface area (Å²) < 4.78 is 0. The maximum atomic E-state index is 11.0. The number of carbonyl (C=O) groups excluding carboxylic acids is 1. The maximum Gasteiger partial charge on any atom is 0.354 e. The average molecular weight is 249 g/mol. The molecule has 0 spiro atoms. The zero-order chi connectivity index (χ0) is 13.1. The van der Waals surface area contributed by atoms with E-state index < -0.39 is 5.97 Å². The number of carboxylic acids is 1. The summed E-state index contributed by atoms with van der Waals surface area (Å²) in [4.78, 5) is 27.6. The summed E-state index contributed by atoms with van der Waals surface area (Å²) in [6, 6.07) is 3.39. The lowest BCUT2D eigenvalue weighted by Gasteiger charge is -2.18. The van der Waals surface area contributed by atoms with Crippen molar-refractivity contribution in [1.29, 1.82) is 0 Å². The Morgan fingerprint density at radius 1 is 1.50 bits per heavy atom. The number of nitrogens with zero attached hydrogens (tertiary/aromatic N) is 2. The first-order valence-electron chi connectivity index (χ1n) is 5.77. The van der Waals surface area contributed by atoms with Crippen LogP contribution in [0.3, 0.4) is 0 Å². The average Bonchev–Trinajstić information content (AvgIpc) is 2.76. The number of pyridine rings is 1. The van der Waals surface area contributed by atoms with E-state index in [9.17, 15) is 9.59 Å². The molecule has 1 aliphatic heterocycles. The van der Waals surface area contributed by atoms with Crippen LogP contribution in [0.1, 0.15) is 23.8 Å². The van der Waals surface area contributed by atoms with Crippen molar-refractivity contribution in [2.75, 3.05) is 18.0 Å². The maximum absolute atomic E-state index is 11.0. The van der Waals surface area contributed by atoms with E-state index in [-0.39, 0.29) is 17.6 Å². The third-order valence-corrected chi connectivity index (χ3v) is 2.93. The third kappa shape index (κ3) is 2.77. The largest absolute Gasteiger partial charge is 0.477 e. The van der Waals surface area contributed by atoms with Crippen LogP contribution in [0.5, 0.6) is 0 Å². The molecule has 2 N–H and O–H groups in total. The van der Waals surface area contributed by atoms with Crippen LogP contribution in [0.2, 0.25) is 0 Å².